The fraction of sp³-hybridized carbons (Fsp3) is 0.438. The van der Waals surface area contributed by atoms with Crippen molar-refractivity contribution in [2.75, 3.05) is 26.6 Å². The number of hydrazine groups is 1. The summed E-state index contributed by atoms with van der Waals surface area (Å²) >= 11 is 0. The largest absolute Gasteiger partial charge is 0.453 e. The molecule has 16 nitrogen and oxygen atoms in total. The third kappa shape index (κ3) is 10.2. The number of fused-ring (bicyclic) bond motifs is 3. The summed E-state index contributed by atoms with van der Waals surface area (Å²) in [7, 11) is 2.45. The number of benzene rings is 3. The number of likely N-dealkylation sites (tertiary alicyclic amines) is 1. The van der Waals surface area contributed by atoms with Crippen LogP contribution in [-0.4, -0.2) is 99.1 Å². The van der Waals surface area contributed by atoms with E-state index in [2.05, 4.69) is 46.7 Å². The number of carbonyl (C=O) groups is 4. The smallest absolute Gasteiger partial charge is 0.424 e. The Morgan fingerprint density at radius 3 is 2.33 bits per heavy atom. The van der Waals surface area contributed by atoms with Crippen LogP contribution in [0.1, 0.15) is 85.5 Å². The summed E-state index contributed by atoms with van der Waals surface area (Å²) in [6, 6.07) is 20.6. The fourth-order valence-corrected chi connectivity index (χ4v) is 8.83. The standard InChI is InChI=1S/C47H58N10O6.CH4/c1-8-21-54(45(59)42(28(2)3)53-46(60)62-6)27-41-52-26-40(56(41)49)32-11-9-31(10-12-32)34-15-16-35-22-33(13-14-36(35)23-34)29(4)25-51-30(5)43-37-17-18-38(24-37)55(43)44(58)39(19-20-48)57(50)47(61)63-7;/h9-16,22-23,25-26,28,37-39,42-43H,8,17-19,21,24,27,49-50H2,1-7H3,(H,53,60);1H4/b29-25+,51-30?;/t37-,38+,39-,42-,43+;/m0./s1. The number of methoxy groups -OCH3 is 2. The Bertz CT molecular complexity index is 2440. The van der Waals surface area contributed by atoms with Gasteiger partial charge in [-0.15, -0.1) is 0 Å². The number of nitrogens with one attached hydrogen (secondary N) is 1. The Morgan fingerprint density at radius 2 is 1.67 bits per heavy atom. The highest BCUT2D eigenvalue weighted by Crippen LogP contribution is 2.44. The van der Waals surface area contributed by atoms with Gasteiger partial charge >= 0.3 is 12.2 Å². The Labute approximate surface area is 375 Å². The molecule has 5 atom stereocenters. The summed E-state index contributed by atoms with van der Waals surface area (Å²) in [4.78, 5) is 64.5. The van der Waals surface area contributed by atoms with Gasteiger partial charge in [0.1, 0.15) is 17.9 Å². The number of hydrogen-bond donors (Lipinski definition) is 3. The maximum atomic E-state index is 13.9. The van der Waals surface area contributed by atoms with E-state index >= 15 is 0 Å². The monoisotopic (exact) mass is 874 g/mol. The molecule has 6 rings (SSSR count). The van der Waals surface area contributed by atoms with E-state index in [1.54, 1.807) is 16.0 Å². The van der Waals surface area contributed by atoms with Gasteiger partial charge in [-0.2, -0.15) is 5.26 Å². The van der Waals surface area contributed by atoms with Crippen molar-refractivity contribution in [3.8, 4) is 28.5 Å². The first-order valence-electron chi connectivity index (χ1n) is 21.3. The number of aromatic nitrogens is 2. The van der Waals surface area contributed by atoms with Gasteiger partial charge in [-0.3, -0.25) is 14.6 Å². The van der Waals surface area contributed by atoms with Crippen LogP contribution in [0.15, 0.2) is 78.1 Å². The number of allylic oxidation sites excluding steroid dienone is 1. The zero-order valence-electron chi connectivity index (χ0n) is 37.1. The van der Waals surface area contributed by atoms with E-state index in [1.165, 1.54) is 18.9 Å². The normalized spacial score (nSPS) is 17.9. The number of ether oxygens (including phenoxy) is 2. The Kier molecular flexibility index (Phi) is 15.9. The molecule has 4 amide bonds. The van der Waals surface area contributed by atoms with Gasteiger partial charge in [0.25, 0.3) is 0 Å². The topological polar surface area (TPSA) is 214 Å². The van der Waals surface area contributed by atoms with Gasteiger partial charge in [0.2, 0.25) is 11.8 Å². The summed E-state index contributed by atoms with van der Waals surface area (Å²) in [6.45, 7) is 10.3. The second-order valence-electron chi connectivity index (χ2n) is 16.7. The minimum absolute atomic E-state index is 0. The van der Waals surface area contributed by atoms with Crippen molar-refractivity contribution in [3.63, 3.8) is 0 Å². The quantitative estimate of drug-likeness (QED) is 0.0470. The average Bonchev–Trinajstić information content (AvgIpc) is 4.02. The van der Waals surface area contributed by atoms with E-state index in [0.29, 0.717) is 29.5 Å². The van der Waals surface area contributed by atoms with Gasteiger partial charge in [0, 0.05) is 30.1 Å². The molecule has 4 aromatic rings. The highest BCUT2D eigenvalue weighted by Gasteiger charge is 2.51. The van der Waals surface area contributed by atoms with Gasteiger partial charge in [-0.1, -0.05) is 76.7 Å². The van der Waals surface area contributed by atoms with Crippen molar-refractivity contribution in [1.29, 1.82) is 5.26 Å². The van der Waals surface area contributed by atoms with Crippen molar-refractivity contribution < 1.29 is 28.7 Å². The van der Waals surface area contributed by atoms with E-state index in [9.17, 15) is 24.4 Å². The first-order chi connectivity index (χ1) is 30.2. The average molecular weight is 875 g/mol. The molecular formula is C48H62N10O6. The maximum Gasteiger partial charge on any atom is 0.424 e. The Hall–Kier alpha value is -6.73. The molecule has 340 valence electrons. The number of hydrogen-bond acceptors (Lipinski definition) is 11. The molecule has 0 radical (unpaired) electrons. The van der Waals surface area contributed by atoms with Crippen LogP contribution in [0.5, 0.6) is 0 Å². The van der Waals surface area contributed by atoms with Crippen molar-refractivity contribution >= 4 is 46.1 Å². The van der Waals surface area contributed by atoms with E-state index in [0.717, 1.165) is 63.6 Å². The first kappa shape index (κ1) is 48.3. The molecule has 1 aliphatic carbocycles. The lowest BCUT2D eigenvalue weighted by molar-refractivity contribution is -0.139. The minimum atomic E-state index is -1.15. The van der Waals surface area contributed by atoms with Crippen molar-refractivity contribution in [2.24, 2.45) is 22.7 Å². The van der Waals surface area contributed by atoms with Gasteiger partial charge in [0.15, 0.2) is 0 Å². The minimum Gasteiger partial charge on any atom is -0.453 e. The molecule has 16 heteroatoms. The summed E-state index contributed by atoms with van der Waals surface area (Å²) in [5, 5.41) is 15.0. The number of piperidine rings is 1. The molecule has 64 heavy (non-hydrogen) atoms. The number of nitriles is 1. The molecule has 3 aromatic carbocycles. The van der Waals surface area contributed by atoms with Gasteiger partial charge in [-0.05, 0) is 96.5 Å². The number of nitrogens with two attached hydrogens (primary N) is 2. The first-order valence-corrected chi connectivity index (χ1v) is 21.3. The van der Waals surface area contributed by atoms with E-state index in [4.69, 9.17) is 26.2 Å². The number of carbonyl (C=O) groups excluding carboxylic acids is 4. The Balaban J connectivity index is 0.00000771. The van der Waals surface area contributed by atoms with Crippen LogP contribution in [0.3, 0.4) is 0 Å². The van der Waals surface area contributed by atoms with Crippen molar-refractivity contribution in [1.82, 2.24) is 29.8 Å². The number of alkyl carbamates (subject to hydrolysis) is 1. The zero-order chi connectivity index (χ0) is 45.5. The molecule has 2 fully saturated rings. The maximum absolute atomic E-state index is 13.9. The molecule has 1 aliphatic heterocycles. The highest BCUT2D eigenvalue weighted by molar-refractivity contribution is 5.96. The number of nitrogens with zero attached hydrogens (tertiary/aromatic N) is 7. The molecule has 2 heterocycles. The van der Waals surface area contributed by atoms with Crippen molar-refractivity contribution in [3.05, 3.63) is 84.4 Å². The van der Waals surface area contributed by atoms with Crippen LogP contribution in [-0.2, 0) is 25.6 Å². The summed E-state index contributed by atoms with van der Waals surface area (Å²) < 4.78 is 11.0. The predicted molar refractivity (Wildman–Crippen MR) is 248 cm³/mol. The number of rotatable bonds is 15. The second kappa shape index (κ2) is 21.1. The zero-order valence-corrected chi connectivity index (χ0v) is 37.1. The summed E-state index contributed by atoms with van der Waals surface area (Å²) in [6.07, 6.45) is 5.14. The van der Waals surface area contributed by atoms with E-state index in [1.807, 2.05) is 71.2 Å². The Morgan fingerprint density at radius 1 is 1.00 bits per heavy atom. The molecule has 0 unspecified atom stereocenters. The molecule has 1 saturated heterocycles. The van der Waals surface area contributed by atoms with E-state index < -0.39 is 24.3 Å². The lowest BCUT2D eigenvalue weighted by Gasteiger charge is -2.38. The SMILES string of the molecule is C.CCCN(Cc1ncc(-c2ccc(-c3ccc4cc(/C(C)=C/N=C(C)[C@@H]5[C@H]6CC[C@H](C6)N5C(=O)[C@H](CC#N)N(N)C(=O)OC)ccc4c3)cc2)n1N)C(=O)[C@@H](NC(=O)OC)C(C)C. The lowest BCUT2D eigenvalue weighted by Crippen LogP contribution is -2.58. The lowest BCUT2D eigenvalue weighted by atomic mass is 9.94. The highest BCUT2D eigenvalue weighted by atomic mass is 16.5. The third-order valence-corrected chi connectivity index (χ3v) is 12.2. The van der Waals surface area contributed by atoms with Gasteiger partial charge in [-0.25, -0.2) is 30.1 Å². The number of amides is 4. The molecular weight excluding hydrogens is 813 g/mol. The predicted octanol–water partition coefficient (Wildman–Crippen LogP) is 7.26. The molecule has 1 aromatic heterocycles. The van der Waals surface area contributed by atoms with Gasteiger partial charge in [0.05, 0.1) is 51.2 Å². The van der Waals surface area contributed by atoms with Crippen molar-refractivity contribution in [2.45, 2.75) is 105 Å². The second-order valence-corrected chi connectivity index (χ2v) is 16.7. The third-order valence-electron chi connectivity index (χ3n) is 12.2. The van der Waals surface area contributed by atoms with Gasteiger partial charge < -0.3 is 30.4 Å². The molecule has 1 saturated carbocycles. The summed E-state index contributed by atoms with van der Waals surface area (Å²) in [5.41, 5.74) is 6.42. The number of nitrogen functional groups attached to an aromatic ring is 1. The van der Waals surface area contributed by atoms with E-state index in [-0.39, 0.29) is 56.1 Å². The van der Waals surface area contributed by atoms with Crippen LogP contribution in [0.25, 0.3) is 38.7 Å². The molecule has 0 spiro atoms. The van der Waals surface area contributed by atoms with Crippen LogP contribution >= 0.6 is 0 Å². The van der Waals surface area contributed by atoms with Crippen LogP contribution in [0, 0.1) is 23.2 Å². The number of imidazole rings is 1. The number of aliphatic imine (C=N–C) groups is 1. The molecule has 2 bridgehead atoms. The summed E-state index contributed by atoms with van der Waals surface area (Å²) in [5.74, 6) is 12.5. The van der Waals surface area contributed by atoms with Crippen LogP contribution in [0.2, 0.25) is 0 Å². The molecule has 5 N–H and O–H groups in total. The van der Waals surface area contributed by atoms with Crippen LogP contribution in [0.4, 0.5) is 9.59 Å². The fourth-order valence-electron chi connectivity index (χ4n) is 8.83. The van der Waals surface area contributed by atoms with Crippen LogP contribution < -0.4 is 17.0 Å². The molecule has 2 aliphatic rings.